The summed E-state index contributed by atoms with van der Waals surface area (Å²) in [7, 11) is 0. The number of nitrogens with one attached hydrogen (secondary N) is 1. The molecule has 1 fully saturated rings. The van der Waals surface area contributed by atoms with Gasteiger partial charge in [0.25, 0.3) is 0 Å². The Kier molecular flexibility index (Phi) is 5.15. The lowest BCUT2D eigenvalue weighted by Gasteiger charge is -2.41. The van der Waals surface area contributed by atoms with E-state index in [0.717, 1.165) is 35.2 Å². The van der Waals surface area contributed by atoms with Crippen molar-refractivity contribution in [2.24, 2.45) is 5.73 Å². The van der Waals surface area contributed by atoms with E-state index in [0.29, 0.717) is 19.5 Å². The van der Waals surface area contributed by atoms with Crippen LogP contribution in [0.2, 0.25) is 0 Å². The maximum absolute atomic E-state index is 11.7. The molecule has 2 aromatic rings. The first-order chi connectivity index (χ1) is 12.0. The Morgan fingerprint density at radius 1 is 1.52 bits per heavy atom. The molecule has 0 bridgehead atoms. The van der Waals surface area contributed by atoms with E-state index in [4.69, 9.17) is 5.73 Å². The van der Waals surface area contributed by atoms with Crippen LogP contribution in [-0.4, -0.2) is 52.8 Å². The number of nitrogens with two attached hydrogens (primary N) is 1. The minimum atomic E-state index is -0.950. The van der Waals surface area contributed by atoms with E-state index < -0.39 is 5.60 Å². The van der Waals surface area contributed by atoms with Gasteiger partial charge in [-0.15, -0.1) is 0 Å². The van der Waals surface area contributed by atoms with Crippen LogP contribution < -0.4 is 16.0 Å². The zero-order valence-corrected chi connectivity index (χ0v) is 14.5. The molecule has 0 unspecified atom stereocenters. The van der Waals surface area contributed by atoms with Crippen molar-refractivity contribution < 1.29 is 9.90 Å². The van der Waals surface area contributed by atoms with Crippen LogP contribution in [0.1, 0.15) is 25.0 Å². The highest BCUT2D eigenvalue weighted by Crippen LogP contribution is 2.31. The Hall–Kier alpha value is -2.25. The summed E-state index contributed by atoms with van der Waals surface area (Å²) < 4.78 is 0. The molecule has 25 heavy (non-hydrogen) atoms. The lowest BCUT2D eigenvalue weighted by molar-refractivity contribution is -0.122. The molecule has 3 heterocycles. The average Bonchev–Trinajstić information content (AvgIpc) is 2.60. The number of aromatic nitrogens is 2. The summed E-state index contributed by atoms with van der Waals surface area (Å²) in [5, 5.41) is 14.7. The summed E-state index contributed by atoms with van der Waals surface area (Å²) in [6.07, 6.45) is 5.34. The summed E-state index contributed by atoms with van der Waals surface area (Å²) in [6.45, 7) is 3.83. The first kappa shape index (κ1) is 17.6. The van der Waals surface area contributed by atoms with Gasteiger partial charge in [0.15, 0.2) is 0 Å². The number of β-amino-alcohol motifs (C(OH)–C–C–N with tert-alkyl or cyclic N) is 1. The van der Waals surface area contributed by atoms with Crippen molar-refractivity contribution in [3.63, 3.8) is 0 Å². The second-order valence-electron chi connectivity index (χ2n) is 6.74. The predicted molar refractivity (Wildman–Crippen MR) is 97.4 cm³/mol. The van der Waals surface area contributed by atoms with Crippen molar-refractivity contribution >= 4 is 22.5 Å². The van der Waals surface area contributed by atoms with Gasteiger partial charge in [-0.3, -0.25) is 14.8 Å². The number of rotatable bonds is 5. The molecule has 0 aliphatic carbocycles. The maximum atomic E-state index is 11.7. The molecule has 0 saturated carbocycles. The molecule has 1 aliphatic heterocycles. The lowest BCUT2D eigenvalue weighted by atomic mass is 9.92. The van der Waals surface area contributed by atoms with E-state index in [-0.39, 0.29) is 18.9 Å². The highest BCUT2D eigenvalue weighted by atomic mass is 16.3. The van der Waals surface area contributed by atoms with Crippen LogP contribution >= 0.6 is 0 Å². The highest BCUT2D eigenvalue weighted by Gasteiger charge is 2.34. The number of hydrogen-bond donors (Lipinski definition) is 3. The third-order valence-corrected chi connectivity index (χ3v) is 4.60. The SMILES string of the molecule is Cc1cc(N2CCC[C@](O)(CNC(=O)CCN)C2)c2cnccc2n1. The van der Waals surface area contributed by atoms with E-state index in [1.807, 2.05) is 25.3 Å². The van der Waals surface area contributed by atoms with Gasteiger partial charge in [-0.2, -0.15) is 0 Å². The molecule has 134 valence electrons. The maximum Gasteiger partial charge on any atom is 0.221 e. The minimum absolute atomic E-state index is 0.123. The fraction of sp³-hybridized carbons (Fsp3) is 0.500. The molecule has 0 aromatic carbocycles. The van der Waals surface area contributed by atoms with Gasteiger partial charge in [0, 0.05) is 61.8 Å². The molecular weight excluding hydrogens is 318 g/mol. The quantitative estimate of drug-likeness (QED) is 0.739. The topological polar surface area (TPSA) is 104 Å². The molecule has 0 spiro atoms. The smallest absolute Gasteiger partial charge is 0.221 e. The molecule has 3 rings (SSSR count). The van der Waals surface area contributed by atoms with Crippen LogP contribution in [0, 0.1) is 6.92 Å². The van der Waals surface area contributed by atoms with Gasteiger partial charge in [0.2, 0.25) is 5.91 Å². The van der Waals surface area contributed by atoms with E-state index >= 15 is 0 Å². The van der Waals surface area contributed by atoms with Gasteiger partial charge in [-0.25, -0.2) is 0 Å². The number of hydrogen-bond acceptors (Lipinski definition) is 6. The van der Waals surface area contributed by atoms with E-state index in [1.165, 1.54) is 0 Å². The number of nitrogens with zero attached hydrogens (tertiary/aromatic N) is 3. The van der Waals surface area contributed by atoms with Crippen LogP contribution in [0.25, 0.3) is 10.9 Å². The van der Waals surface area contributed by atoms with E-state index in [9.17, 15) is 9.90 Å². The molecule has 1 aliphatic rings. The van der Waals surface area contributed by atoms with Gasteiger partial charge in [0.05, 0.1) is 11.1 Å². The van der Waals surface area contributed by atoms with Crippen molar-refractivity contribution in [1.82, 2.24) is 15.3 Å². The first-order valence-corrected chi connectivity index (χ1v) is 8.66. The molecule has 7 heteroatoms. The second kappa shape index (κ2) is 7.33. The monoisotopic (exact) mass is 343 g/mol. The van der Waals surface area contributed by atoms with Gasteiger partial charge in [-0.1, -0.05) is 0 Å². The van der Waals surface area contributed by atoms with Crippen molar-refractivity contribution in [3.05, 3.63) is 30.2 Å². The summed E-state index contributed by atoms with van der Waals surface area (Å²) in [5.41, 5.74) is 7.30. The number of fused-ring (bicyclic) bond motifs is 1. The highest BCUT2D eigenvalue weighted by molar-refractivity contribution is 5.91. The second-order valence-corrected chi connectivity index (χ2v) is 6.74. The number of piperidine rings is 1. The number of carbonyl (C=O) groups is 1. The molecule has 1 atom stereocenters. The Labute approximate surface area is 147 Å². The number of aliphatic hydroxyl groups is 1. The molecule has 2 aromatic heterocycles. The number of carbonyl (C=O) groups excluding carboxylic acids is 1. The Bertz CT molecular complexity index is 766. The molecule has 1 amide bonds. The van der Waals surface area contributed by atoms with Crippen LogP contribution in [0.15, 0.2) is 24.5 Å². The number of pyridine rings is 2. The normalized spacial score (nSPS) is 20.7. The Morgan fingerprint density at radius 2 is 2.36 bits per heavy atom. The molecule has 4 N–H and O–H groups in total. The van der Waals surface area contributed by atoms with Gasteiger partial charge in [0.1, 0.15) is 0 Å². The van der Waals surface area contributed by atoms with Crippen LogP contribution in [0.3, 0.4) is 0 Å². The molecular formula is C18H25N5O2. The third kappa shape index (κ3) is 4.05. The number of aryl methyl sites for hydroxylation is 1. The fourth-order valence-corrected chi connectivity index (χ4v) is 3.39. The zero-order chi connectivity index (χ0) is 17.9. The Balaban J connectivity index is 1.81. The molecule has 1 saturated heterocycles. The van der Waals surface area contributed by atoms with Gasteiger partial charge in [-0.05, 0) is 31.9 Å². The zero-order valence-electron chi connectivity index (χ0n) is 14.5. The summed E-state index contributed by atoms with van der Waals surface area (Å²) in [5.74, 6) is -0.123. The van der Waals surface area contributed by atoms with Crippen molar-refractivity contribution in [2.75, 3.05) is 31.1 Å². The largest absolute Gasteiger partial charge is 0.386 e. The molecule has 7 nitrogen and oxygen atoms in total. The summed E-state index contributed by atoms with van der Waals surface area (Å²) in [6, 6.07) is 3.93. The van der Waals surface area contributed by atoms with Crippen molar-refractivity contribution in [3.8, 4) is 0 Å². The average molecular weight is 343 g/mol. The summed E-state index contributed by atoms with van der Waals surface area (Å²) >= 11 is 0. The predicted octanol–water partition coefficient (Wildman–Crippen LogP) is 0.735. The fourth-order valence-electron chi connectivity index (χ4n) is 3.39. The minimum Gasteiger partial charge on any atom is -0.386 e. The number of amides is 1. The van der Waals surface area contributed by atoms with Crippen molar-refractivity contribution in [1.29, 1.82) is 0 Å². The Morgan fingerprint density at radius 3 is 3.16 bits per heavy atom. The van der Waals surface area contributed by atoms with Gasteiger partial charge >= 0.3 is 0 Å². The van der Waals surface area contributed by atoms with Crippen LogP contribution in [0.4, 0.5) is 5.69 Å². The van der Waals surface area contributed by atoms with E-state index in [2.05, 4.69) is 20.2 Å². The van der Waals surface area contributed by atoms with Crippen LogP contribution in [0.5, 0.6) is 0 Å². The third-order valence-electron chi connectivity index (χ3n) is 4.60. The standard InChI is InChI=1S/C18H25N5O2/c1-13-9-16(14-10-20-7-4-15(14)22-13)23-8-2-5-18(25,12-23)11-21-17(24)3-6-19/h4,7,9-10,25H,2-3,5-6,8,11-12,19H2,1H3,(H,21,24)/t18-/m0/s1. The van der Waals surface area contributed by atoms with Crippen molar-refractivity contribution in [2.45, 2.75) is 31.8 Å². The van der Waals surface area contributed by atoms with E-state index in [1.54, 1.807) is 6.20 Å². The molecule has 0 radical (unpaired) electrons. The lowest BCUT2D eigenvalue weighted by Crippen LogP contribution is -2.54. The summed E-state index contributed by atoms with van der Waals surface area (Å²) in [4.78, 5) is 22.6. The van der Waals surface area contributed by atoms with Gasteiger partial charge < -0.3 is 21.1 Å². The number of anilines is 1. The van der Waals surface area contributed by atoms with Crippen LogP contribution in [-0.2, 0) is 4.79 Å². The first-order valence-electron chi connectivity index (χ1n) is 8.66.